The molecule has 5 N–H and O–H groups in total. The molecule has 0 fully saturated rings. The van der Waals surface area contributed by atoms with Gasteiger partial charge in [-0.25, -0.2) is 4.79 Å². The van der Waals surface area contributed by atoms with Crippen LogP contribution in [0.1, 0.15) is 25.8 Å². The first-order valence-corrected chi connectivity index (χ1v) is 5.47. The van der Waals surface area contributed by atoms with Crippen LogP contribution in [0, 0.1) is 0 Å². The lowest BCUT2D eigenvalue weighted by atomic mass is 10.3. The maximum absolute atomic E-state index is 10.4. The molecule has 8 nitrogen and oxygen atoms in total. The van der Waals surface area contributed by atoms with Crippen molar-refractivity contribution in [3.05, 3.63) is 5.89 Å². The van der Waals surface area contributed by atoms with Crippen molar-refractivity contribution in [1.82, 2.24) is 20.8 Å². The second-order valence-corrected chi connectivity index (χ2v) is 3.44. The van der Waals surface area contributed by atoms with E-state index in [2.05, 4.69) is 26.1 Å². The van der Waals surface area contributed by atoms with Crippen molar-refractivity contribution in [3.63, 3.8) is 0 Å². The minimum atomic E-state index is -0.557. The highest BCUT2D eigenvalue weighted by molar-refractivity contribution is 5.71. The Hall–Kier alpha value is -1.83. The molecular formula is C9H18N6O2. The predicted molar refractivity (Wildman–Crippen MR) is 62.5 cm³/mol. The quantitative estimate of drug-likeness (QED) is 0.493. The van der Waals surface area contributed by atoms with Gasteiger partial charge in [0.2, 0.25) is 5.89 Å². The summed E-state index contributed by atoms with van der Waals surface area (Å²) in [5, 5.41) is 16.2. The normalized spacial score (nSPS) is 12.1. The summed E-state index contributed by atoms with van der Waals surface area (Å²) < 4.78 is 5.37. The maximum atomic E-state index is 10.4. The average Bonchev–Trinajstić information content (AvgIpc) is 2.73. The molecule has 1 aromatic heterocycles. The van der Waals surface area contributed by atoms with Crippen LogP contribution in [0.2, 0.25) is 0 Å². The highest BCUT2D eigenvalue weighted by Crippen LogP contribution is 2.12. The molecule has 8 heteroatoms. The number of carbonyl (C=O) groups is 1. The predicted octanol–water partition coefficient (Wildman–Crippen LogP) is -0.180. The van der Waals surface area contributed by atoms with Crippen LogP contribution in [0.5, 0.6) is 0 Å². The maximum Gasteiger partial charge on any atom is 0.315 e. The van der Waals surface area contributed by atoms with Crippen LogP contribution in [0.3, 0.4) is 0 Å². The van der Waals surface area contributed by atoms with Crippen molar-refractivity contribution in [2.75, 3.05) is 25.0 Å². The molecule has 0 spiro atoms. The SMILES string of the molecule is CCNC(C)c1nnc(NCCNC(N)=O)o1. The number of nitrogens with zero attached hydrogens (tertiary/aromatic N) is 2. The van der Waals surface area contributed by atoms with E-state index in [1.165, 1.54) is 0 Å². The summed E-state index contributed by atoms with van der Waals surface area (Å²) in [6.07, 6.45) is 0. The number of hydrogen-bond donors (Lipinski definition) is 4. The largest absolute Gasteiger partial charge is 0.406 e. The number of hydrogen-bond acceptors (Lipinski definition) is 6. The van der Waals surface area contributed by atoms with E-state index in [4.69, 9.17) is 10.2 Å². The molecule has 0 saturated carbocycles. The van der Waals surface area contributed by atoms with Crippen molar-refractivity contribution in [2.45, 2.75) is 19.9 Å². The average molecular weight is 242 g/mol. The van der Waals surface area contributed by atoms with Gasteiger partial charge in [-0.2, -0.15) is 0 Å². The Kier molecular flexibility index (Phi) is 5.21. The van der Waals surface area contributed by atoms with Crippen molar-refractivity contribution in [1.29, 1.82) is 0 Å². The summed E-state index contributed by atoms with van der Waals surface area (Å²) in [6, 6.07) is -0.207. The lowest BCUT2D eigenvalue weighted by Crippen LogP contribution is -2.33. The van der Waals surface area contributed by atoms with Gasteiger partial charge in [-0.3, -0.25) is 0 Å². The lowest BCUT2D eigenvalue weighted by molar-refractivity contribution is 0.249. The third-order valence-corrected chi connectivity index (χ3v) is 2.02. The Labute approximate surface area is 99.3 Å². The highest BCUT2D eigenvalue weighted by Gasteiger charge is 2.12. The van der Waals surface area contributed by atoms with Crippen LogP contribution < -0.4 is 21.7 Å². The Morgan fingerprint density at radius 1 is 1.47 bits per heavy atom. The molecule has 0 aromatic carbocycles. The third kappa shape index (κ3) is 4.68. The number of nitrogens with one attached hydrogen (secondary N) is 3. The lowest BCUT2D eigenvalue weighted by Gasteiger charge is -2.06. The molecule has 0 aliphatic rings. The van der Waals surface area contributed by atoms with E-state index in [-0.39, 0.29) is 6.04 Å². The van der Waals surface area contributed by atoms with Crippen LogP contribution in [0.4, 0.5) is 10.8 Å². The molecule has 0 saturated heterocycles. The first-order valence-electron chi connectivity index (χ1n) is 5.47. The van der Waals surface area contributed by atoms with Gasteiger partial charge in [-0.15, -0.1) is 5.10 Å². The zero-order valence-electron chi connectivity index (χ0n) is 9.99. The van der Waals surface area contributed by atoms with Crippen LogP contribution in [-0.4, -0.2) is 35.9 Å². The molecule has 1 rings (SSSR count). The molecule has 0 radical (unpaired) electrons. The first kappa shape index (κ1) is 13.2. The topological polar surface area (TPSA) is 118 Å². The Morgan fingerprint density at radius 3 is 2.88 bits per heavy atom. The summed E-state index contributed by atoms with van der Waals surface area (Å²) in [4.78, 5) is 10.4. The molecule has 2 amide bonds. The van der Waals surface area contributed by atoms with Crippen LogP contribution in [0.15, 0.2) is 4.42 Å². The number of urea groups is 1. The van der Waals surface area contributed by atoms with Gasteiger partial charge in [-0.05, 0) is 13.5 Å². The van der Waals surface area contributed by atoms with Gasteiger partial charge in [-0.1, -0.05) is 12.0 Å². The van der Waals surface area contributed by atoms with E-state index < -0.39 is 6.03 Å². The first-order chi connectivity index (χ1) is 8.13. The monoisotopic (exact) mass is 242 g/mol. The van der Waals surface area contributed by atoms with E-state index in [1.807, 2.05) is 13.8 Å². The summed E-state index contributed by atoms with van der Waals surface area (Å²) in [5.41, 5.74) is 4.91. The zero-order valence-corrected chi connectivity index (χ0v) is 9.99. The third-order valence-electron chi connectivity index (χ3n) is 2.02. The minimum absolute atomic E-state index is 0.0202. The second-order valence-electron chi connectivity index (χ2n) is 3.44. The van der Waals surface area contributed by atoms with E-state index in [9.17, 15) is 4.79 Å². The fourth-order valence-corrected chi connectivity index (χ4v) is 1.23. The molecule has 1 heterocycles. The molecule has 0 bridgehead atoms. The second kappa shape index (κ2) is 6.69. The summed E-state index contributed by atoms with van der Waals surface area (Å²) in [7, 11) is 0. The fourth-order valence-electron chi connectivity index (χ4n) is 1.23. The van der Waals surface area contributed by atoms with Crippen LogP contribution in [-0.2, 0) is 0 Å². The van der Waals surface area contributed by atoms with Gasteiger partial charge in [0, 0.05) is 13.1 Å². The van der Waals surface area contributed by atoms with Gasteiger partial charge >= 0.3 is 12.0 Å². The fraction of sp³-hybridized carbons (Fsp3) is 0.667. The van der Waals surface area contributed by atoms with Crippen molar-refractivity contribution in [2.24, 2.45) is 5.73 Å². The minimum Gasteiger partial charge on any atom is -0.406 e. The Bertz CT molecular complexity index is 353. The van der Waals surface area contributed by atoms with Crippen molar-refractivity contribution in [3.8, 4) is 0 Å². The number of anilines is 1. The van der Waals surface area contributed by atoms with Gasteiger partial charge in [0.15, 0.2) is 0 Å². The van der Waals surface area contributed by atoms with Gasteiger partial charge < -0.3 is 26.1 Å². The molecule has 96 valence electrons. The smallest absolute Gasteiger partial charge is 0.315 e. The molecule has 1 aromatic rings. The standard InChI is InChI=1S/C9H18N6O2/c1-3-11-6(2)7-14-15-9(17-7)13-5-4-12-8(10)16/h6,11H,3-5H2,1-2H3,(H,13,15)(H3,10,12,16). The Morgan fingerprint density at radius 2 is 2.24 bits per heavy atom. The van der Waals surface area contributed by atoms with Crippen molar-refractivity contribution >= 4 is 12.0 Å². The molecule has 0 aliphatic heterocycles. The van der Waals surface area contributed by atoms with Gasteiger partial charge in [0.1, 0.15) is 0 Å². The molecular weight excluding hydrogens is 224 g/mol. The number of carbonyl (C=O) groups excluding carboxylic acids is 1. The van der Waals surface area contributed by atoms with E-state index >= 15 is 0 Å². The van der Waals surface area contributed by atoms with E-state index in [1.54, 1.807) is 0 Å². The number of aromatic nitrogens is 2. The van der Waals surface area contributed by atoms with Gasteiger partial charge in [0.25, 0.3) is 0 Å². The van der Waals surface area contributed by atoms with Crippen molar-refractivity contribution < 1.29 is 9.21 Å². The summed E-state index contributed by atoms with van der Waals surface area (Å²) in [6.45, 7) is 5.64. The van der Waals surface area contributed by atoms with Crippen LogP contribution >= 0.6 is 0 Å². The molecule has 1 unspecified atom stereocenters. The molecule has 1 atom stereocenters. The number of nitrogens with two attached hydrogens (primary N) is 1. The molecule has 0 aliphatic carbocycles. The summed E-state index contributed by atoms with van der Waals surface area (Å²) in [5.74, 6) is 0.525. The Balaban J connectivity index is 2.32. The van der Waals surface area contributed by atoms with Gasteiger partial charge in [0.05, 0.1) is 6.04 Å². The zero-order chi connectivity index (χ0) is 12.7. The number of rotatable bonds is 7. The number of primary amides is 1. The van der Waals surface area contributed by atoms with E-state index in [0.717, 1.165) is 6.54 Å². The molecule has 17 heavy (non-hydrogen) atoms. The highest BCUT2D eigenvalue weighted by atomic mass is 16.4. The summed E-state index contributed by atoms with van der Waals surface area (Å²) >= 11 is 0. The number of amides is 2. The van der Waals surface area contributed by atoms with Crippen LogP contribution in [0.25, 0.3) is 0 Å². The van der Waals surface area contributed by atoms with E-state index in [0.29, 0.717) is 25.0 Å².